The summed E-state index contributed by atoms with van der Waals surface area (Å²) in [4.78, 5) is 23.5. The maximum absolute atomic E-state index is 13.4. The molecule has 0 unspecified atom stereocenters. The van der Waals surface area contributed by atoms with E-state index in [0.29, 0.717) is 16.1 Å². The Morgan fingerprint density at radius 3 is 2.39 bits per heavy atom. The zero-order valence-electron chi connectivity index (χ0n) is 11.5. The van der Waals surface area contributed by atoms with Crippen molar-refractivity contribution in [1.82, 2.24) is 5.32 Å². The van der Waals surface area contributed by atoms with E-state index in [9.17, 15) is 22.8 Å². The van der Waals surface area contributed by atoms with Crippen molar-refractivity contribution in [2.45, 2.75) is 0 Å². The van der Waals surface area contributed by atoms with Gasteiger partial charge in [-0.3, -0.25) is 9.59 Å². The summed E-state index contributed by atoms with van der Waals surface area (Å²) in [5, 5.41) is 4.39. The SMILES string of the molecule is O=C(CNC(=O)c1ccccc1Br)Nc1ccc(F)c(F)c1F. The number of hydrogen-bond donors (Lipinski definition) is 2. The number of halogens is 4. The summed E-state index contributed by atoms with van der Waals surface area (Å²) in [6, 6.07) is 8.16. The first-order chi connectivity index (χ1) is 10.9. The summed E-state index contributed by atoms with van der Waals surface area (Å²) < 4.78 is 39.8. The topological polar surface area (TPSA) is 58.2 Å². The molecule has 23 heavy (non-hydrogen) atoms. The average Bonchev–Trinajstić information content (AvgIpc) is 2.53. The summed E-state index contributed by atoms with van der Waals surface area (Å²) in [6.07, 6.45) is 0. The first kappa shape index (κ1) is 17.0. The molecule has 0 aliphatic carbocycles. The summed E-state index contributed by atoms with van der Waals surface area (Å²) >= 11 is 3.19. The molecule has 2 N–H and O–H groups in total. The molecule has 8 heteroatoms. The second kappa shape index (κ2) is 7.28. The Morgan fingerprint density at radius 2 is 1.70 bits per heavy atom. The number of rotatable bonds is 4. The number of anilines is 1. The van der Waals surface area contributed by atoms with Gasteiger partial charge in [-0.15, -0.1) is 0 Å². The molecule has 0 saturated heterocycles. The van der Waals surface area contributed by atoms with Gasteiger partial charge in [-0.25, -0.2) is 13.2 Å². The number of hydrogen-bond acceptors (Lipinski definition) is 2. The fraction of sp³-hybridized carbons (Fsp3) is 0.0667. The maximum Gasteiger partial charge on any atom is 0.252 e. The number of carbonyl (C=O) groups is 2. The van der Waals surface area contributed by atoms with Crippen molar-refractivity contribution >= 4 is 33.4 Å². The Balaban J connectivity index is 1.97. The van der Waals surface area contributed by atoms with E-state index in [4.69, 9.17) is 0 Å². The highest BCUT2D eigenvalue weighted by Gasteiger charge is 2.16. The van der Waals surface area contributed by atoms with Crippen LogP contribution in [0.2, 0.25) is 0 Å². The van der Waals surface area contributed by atoms with Gasteiger partial charge in [0.2, 0.25) is 5.91 Å². The average molecular weight is 387 g/mol. The van der Waals surface area contributed by atoms with E-state index >= 15 is 0 Å². The van der Waals surface area contributed by atoms with Crippen molar-refractivity contribution in [3.63, 3.8) is 0 Å². The van der Waals surface area contributed by atoms with E-state index < -0.39 is 41.5 Å². The van der Waals surface area contributed by atoms with Crippen LogP contribution >= 0.6 is 15.9 Å². The van der Waals surface area contributed by atoms with Gasteiger partial charge in [0.15, 0.2) is 17.5 Å². The molecule has 0 bridgehead atoms. The fourth-order valence-electron chi connectivity index (χ4n) is 1.72. The van der Waals surface area contributed by atoms with Crippen molar-refractivity contribution in [3.8, 4) is 0 Å². The predicted molar refractivity (Wildman–Crippen MR) is 81.4 cm³/mol. The van der Waals surface area contributed by atoms with Crippen molar-refractivity contribution < 1.29 is 22.8 Å². The molecular formula is C15H10BrF3N2O2. The molecule has 0 aromatic heterocycles. The van der Waals surface area contributed by atoms with Gasteiger partial charge in [0.25, 0.3) is 5.91 Å². The normalized spacial score (nSPS) is 10.3. The van der Waals surface area contributed by atoms with Crippen LogP contribution in [-0.4, -0.2) is 18.4 Å². The van der Waals surface area contributed by atoms with Crippen LogP contribution in [-0.2, 0) is 4.79 Å². The lowest BCUT2D eigenvalue weighted by molar-refractivity contribution is -0.115. The van der Waals surface area contributed by atoms with Gasteiger partial charge >= 0.3 is 0 Å². The molecule has 2 aromatic carbocycles. The molecule has 0 heterocycles. The molecule has 0 atom stereocenters. The summed E-state index contributed by atoms with van der Waals surface area (Å²) in [6.45, 7) is -0.460. The Hall–Kier alpha value is -2.35. The second-order valence-electron chi connectivity index (χ2n) is 4.43. The van der Waals surface area contributed by atoms with Crippen molar-refractivity contribution in [3.05, 3.63) is 63.9 Å². The number of amides is 2. The third kappa shape index (κ3) is 4.10. The minimum atomic E-state index is -1.68. The van der Waals surface area contributed by atoms with Gasteiger partial charge in [-0.2, -0.15) is 0 Å². The number of nitrogens with one attached hydrogen (secondary N) is 2. The molecule has 0 saturated carbocycles. The van der Waals surface area contributed by atoms with Gasteiger partial charge in [-0.1, -0.05) is 12.1 Å². The van der Waals surface area contributed by atoms with Gasteiger partial charge in [0.1, 0.15) is 0 Å². The summed E-state index contributed by atoms with van der Waals surface area (Å²) in [5.41, 5.74) is -0.191. The lowest BCUT2D eigenvalue weighted by Gasteiger charge is -2.09. The molecule has 0 aliphatic heterocycles. The minimum absolute atomic E-state index is 0.319. The molecule has 4 nitrogen and oxygen atoms in total. The fourth-order valence-corrected chi connectivity index (χ4v) is 2.18. The highest BCUT2D eigenvalue weighted by Crippen LogP contribution is 2.19. The van der Waals surface area contributed by atoms with Gasteiger partial charge in [-0.05, 0) is 40.2 Å². The zero-order chi connectivity index (χ0) is 17.0. The molecule has 2 rings (SSSR count). The molecular weight excluding hydrogens is 377 g/mol. The quantitative estimate of drug-likeness (QED) is 0.792. The number of carbonyl (C=O) groups excluding carboxylic acids is 2. The second-order valence-corrected chi connectivity index (χ2v) is 5.29. The van der Waals surface area contributed by atoms with E-state index in [2.05, 4.69) is 26.6 Å². The van der Waals surface area contributed by atoms with Gasteiger partial charge < -0.3 is 10.6 Å². The molecule has 0 radical (unpaired) electrons. The van der Waals surface area contributed by atoms with Crippen LogP contribution in [0.3, 0.4) is 0 Å². The van der Waals surface area contributed by atoms with Crippen molar-refractivity contribution in [1.29, 1.82) is 0 Å². The van der Waals surface area contributed by atoms with Crippen LogP contribution in [0.25, 0.3) is 0 Å². The molecule has 2 amide bonds. The number of benzene rings is 2. The molecule has 0 aliphatic rings. The van der Waals surface area contributed by atoms with E-state index in [1.165, 1.54) is 0 Å². The predicted octanol–water partition coefficient (Wildman–Crippen LogP) is 3.23. The van der Waals surface area contributed by atoms with E-state index in [-0.39, 0.29) is 0 Å². The minimum Gasteiger partial charge on any atom is -0.343 e. The first-order valence-corrected chi connectivity index (χ1v) is 7.15. The van der Waals surface area contributed by atoms with Crippen LogP contribution in [0.15, 0.2) is 40.9 Å². The molecule has 120 valence electrons. The smallest absolute Gasteiger partial charge is 0.252 e. The standard InChI is InChI=1S/C15H10BrF3N2O2/c16-9-4-2-1-3-8(9)15(23)20-7-12(22)21-11-6-5-10(17)13(18)14(11)19/h1-6H,7H2,(H,20,23)(H,21,22). The first-order valence-electron chi connectivity index (χ1n) is 6.36. The lowest BCUT2D eigenvalue weighted by atomic mass is 10.2. The molecule has 0 fully saturated rings. The van der Waals surface area contributed by atoms with Crippen LogP contribution in [0.4, 0.5) is 18.9 Å². The van der Waals surface area contributed by atoms with Gasteiger partial charge in [0, 0.05) is 4.47 Å². The van der Waals surface area contributed by atoms with E-state index in [1.54, 1.807) is 24.3 Å². The van der Waals surface area contributed by atoms with E-state index in [1.807, 2.05) is 0 Å². The largest absolute Gasteiger partial charge is 0.343 e. The third-order valence-electron chi connectivity index (χ3n) is 2.84. The van der Waals surface area contributed by atoms with Crippen molar-refractivity contribution in [2.75, 3.05) is 11.9 Å². The highest BCUT2D eigenvalue weighted by molar-refractivity contribution is 9.10. The summed E-state index contributed by atoms with van der Waals surface area (Å²) in [7, 11) is 0. The molecule has 0 spiro atoms. The zero-order valence-corrected chi connectivity index (χ0v) is 13.1. The van der Waals surface area contributed by atoms with Crippen molar-refractivity contribution in [2.24, 2.45) is 0 Å². The lowest BCUT2D eigenvalue weighted by Crippen LogP contribution is -2.33. The molecule has 2 aromatic rings. The Kier molecular flexibility index (Phi) is 5.38. The Labute approximate surface area is 137 Å². The maximum atomic E-state index is 13.4. The highest BCUT2D eigenvalue weighted by atomic mass is 79.9. The van der Waals surface area contributed by atoms with Crippen LogP contribution in [0, 0.1) is 17.5 Å². The monoisotopic (exact) mass is 386 g/mol. The summed E-state index contributed by atoms with van der Waals surface area (Å²) in [5.74, 6) is -5.84. The van der Waals surface area contributed by atoms with Gasteiger partial charge in [0.05, 0.1) is 17.8 Å². The van der Waals surface area contributed by atoms with E-state index in [0.717, 1.165) is 6.07 Å². The Bertz CT molecular complexity index is 768. The van der Waals surface area contributed by atoms with Crippen LogP contribution in [0.5, 0.6) is 0 Å². The third-order valence-corrected chi connectivity index (χ3v) is 3.53. The van der Waals surface area contributed by atoms with Crippen LogP contribution in [0.1, 0.15) is 10.4 Å². The van der Waals surface area contributed by atoms with Crippen LogP contribution < -0.4 is 10.6 Å². The Morgan fingerprint density at radius 1 is 1.00 bits per heavy atom.